The first kappa shape index (κ1) is 26.1. The molecule has 2 amide bonds. The molecule has 2 aromatic carbocycles. The number of carbonyl (C=O) groups excluding carboxylic acids is 2. The highest BCUT2D eigenvalue weighted by molar-refractivity contribution is 7.89. The lowest BCUT2D eigenvalue weighted by molar-refractivity contribution is -0.117. The Labute approximate surface area is 212 Å². The van der Waals surface area contributed by atoms with Crippen molar-refractivity contribution in [2.45, 2.75) is 43.7 Å². The molecule has 1 heterocycles. The van der Waals surface area contributed by atoms with E-state index >= 15 is 0 Å². The summed E-state index contributed by atoms with van der Waals surface area (Å²) in [6, 6.07) is 12.7. The van der Waals surface area contributed by atoms with Gasteiger partial charge in [0.15, 0.2) is 5.75 Å². The molecule has 1 fully saturated rings. The summed E-state index contributed by atoms with van der Waals surface area (Å²) < 4.78 is 34.0. The van der Waals surface area contributed by atoms with Crippen molar-refractivity contribution in [3.63, 3.8) is 0 Å². The van der Waals surface area contributed by atoms with Gasteiger partial charge in [-0.05, 0) is 44.0 Å². The van der Waals surface area contributed by atoms with E-state index in [1.54, 1.807) is 60.4 Å². The lowest BCUT2D eigenvalue weighted by atomic mass is 9.99. The van der Waals surface area contributed by atoms with Gasteiger partial charge in [0.05, 0.1) is 35.3 Å². The molecular weight excluding hydrogens is 482 g/mol. The number of fused-ring (bicyclic) bond motifs is 1. The van der Waals surface area contributed by atoms with Crippen molar-refractivity contribution in [2.24, 2.45) is 11.8 Å². The number of carbonyl (C=O) groups is 2. The average Bonchev–Trinajstić information content (AvgIpc) is 3.72. The first-order valence-corrected chi connectivity index (χ1v) is 13.6. The van der Waals surface area contributed by atoms with Crippen LogP contribution in [0.2, 0.25) is 0 Å². The van der Waals surface area contributed by atoms with E-state index in [1.807, 2.05) is 6.92 Å². The highest BCUT2D eigenvalue weighted by Gasteiger charge is 2.37. The second kappa shape index (κ2) is 10.6. The summed E-state index contributed by atoms with van der Waals surface area (Å²) in [5.74, 6) is -0.557. The lowest BCUT2D eigenvalue weighted by Crippen LogP contribution is -2.50. The van der Waals surface area contributed by atoms with Gasteiger partial charge in [0.2, 0.25) is 15.9 Å². The van der Waals surface area contributed by atoms with Crippen LogP contribution >= 0.6 is 0 Å². The Morgan fingerprint density at radius 2 is 1.89 bits per heavy atom. The molecule has 0 radical (unpaired) electrons. The first-order valence-electron chi connectivity index (χ1n) is 12.2. The number of likely N-dealkylation sites (N-methyl/N-ethyl adjacent to an activating group) is 1. The van der Waals surface area contributed by atoms with Gasteiger partial charge >= 0.3 is 0 Å². The Bertz CT molecular complexity index is 1220. The van der Waals surface area contributed by atoms with E-state index in [9.17, 15) is 23.1 Å². The molecule has 9 nitrogen and oxygen atoms in total. The molecule has 4 rings (SSSR count). The van der Waals surface area contributed by atoms with Crippen LogP contribution in [-0.2, 0) is 14.8 Å². The SMILES string of the molecule is C[C@@H]1CN([C@H](C)CO)C(=O)c2cccc(NC(=O)C3CC3)c2O[C@H]1CN(C)S(=O)(=O)c1ccccc1. The van der Waals surface area contributed by atoms with E-state index in [0.29, 0.717) is 5.69 Å². The maximum absolute atomic E-state index is 13.5. The molecule has 0 bridgehead atoms. The van der Waals surface area contributed by atoms with Crippen LogP contribution in [0, 0.1) is 11.8 Å². The van der Waals surface area contributed by atoms with Crippen LogP contribution in [-0.4, -0.2) is 73.4 Å². The van der Waals surface area contributed by atoms with E-state index in [1.165, 1.54) is 11.4 Å². The highest BCUT2D eigenvalue weighted by Crippen LogP contribution is 2.37. The van der Waals surface area contributed by atoms with Gasteiger partial charge in [-0.2, -0.15) is 4.31 Å². The monoisotopic (exact) mass is 515 g/mol. The van der Waals surface area contributed by atoms with Crippen molar-refractivity contribution < 1.29 is 27.9 Å². The molecule has 2 aliphatic rings. The quantitative estimate of drug-likeness (QED) is 0.558. The number of ether oxygens (including phenoxy) is 1. The third kappa shape index (κ3) is 5.40. The van der Waals surface area contributed by atoms with Crippen LogP contribution in [0.4, 0.5) is 5.69 Å². The number of anilines is 1. The number of nitrogens with one attached hydrogen (secondary N) is 1. The first-order chi connectivity index (χ1) is 17.1. The molecule has 0 unspecified atom stereocenters. The lowest BCUT2D eigenvalue weighted by Gasteiger charge is -2.38. The zero-order valence-electron chi connectivity index (χ0n) is 20.8. The number of benzene rings is 2. The number of sulfonamides is 1. The Kier molecular flexibility index (Phi) is 7.67. The van der Waals surface area contributed by atoms with Crippen LogP contribution in [0.5, 0.6) is 5.75 Å². The summed E-state index contributed by atoms with van der Waals surface area (Å²) in [5, 5.41) is 12.7. The molecular formula is C26H33N3O6S. The van der Waals surface area contributed by atoms with Crippen LogP contribution < -0.4 is 10.1 Å². The number of hydrogen-bond donors (Lipinski definition) is 2. The van der Waals surface area contributed by atoms with Crippen LogP contribution in [0.15, 0.2) is 53.4 Å². The van der Waals surface area contributed by atoms with E-state index in [2.05, 4.69) is 5.32 Å². The van der Waals surface area contributed by atoms with Crippen molar-refractivity contribution in [1.29, 1.82) is 0 Å². The Balaban J connectivity index is 1.71. The van der Waals surface area contributed by atoms with Crippen molar-refractivity contribution in [3.8, 4) is 5.75 Å². The number of amides is 2. The number of hydrogen-bond acceptors (Lipinski definition) is 6. The van der Waals surface area contributed by atoms with Gasteiger partial charge in [-0.3, -0.25) is 9.59 Å². The minimum Gasteiger partial charge on any atom is -0.486 e. The topological polar surface area (TPSA) is 116 Å². The van der Waals surface area contributed by atoms with E-state index in [0.717, 1.165) is 12.8 Å². The number of rotatable bonds is 8. The summed E-state index contributed by atoms with van der Waals surface area (Å²) in [7, 11) is -2.28. The van der Waals surface area contributed by atoms with E-state index < -0.39 is 22.2 Å². The molecule has 1 aliphatic carbocycles. The van der Waals surface area contributed by atoms with Gasteiger partial charge in [-0.15, -0.1) is 0 Å². The second-order valence-electron chi connectivity index (χ2n) is 9.67. The Hall–Kier alpha value is -2.95. The second-order valence-corrected chi connectivity index (χ2v) is 11.7. The molecule has 0 saturated heterocycles. The van der Waals surface area contributed by atoms with Gasteiger partial charge in [-0.1, -0.05) is 31.2 Å². The molecule has 1 saturated carbocycles. The van der Waals surface area contributed by atoms with Crippen molar-refractivity contribution in [1.82, 2.24) is 9.21 Å². The highest BCUT2D eigenvalue weighted by atomic mass is 32.2. The molecule has 3 atom stereocenters. The minimum absolute atomic E-state index is 0.0261. The number of nitrogens with zero attached hydrogens (tertiary/aromatic N) is 2. The third-order valence-electron chi connectivity index (χ3n) is 6.79. The number of aliphatic hydroxyl groups is 1. The van der Waals surface area contributed by atoms with Gasteiger partial charge < -0.3 is 20.1 Å². The van der Waals surface area contributed by atoms with E-state index in [-0.39, 0.29) is 59.6 Å². The standard InChI is InChI=1S/C26H33N3O6S/c1-17-14-29(18(2)16-30)26(32)21-10-7-11-22(27-25(31)19-12-13-19)24(21)35-23(17)15-28(3)36(33,34)20-8-5-4-6-9-20/h4-11,17-19,23,30H,12-16H2,1-3H3,(H,27,31)/t17-,18-,23+/m1/s1. The summed E-state index contributed by atoms with van der Waals surface area (Å²) in [6.45, 7) is 3.71. The summed E-state index contributed by atoms with van der Waals surface area (Å²) >= 11 is 0. The van der Waals surface area contributed by atoms with Gasteiger partial charge in [0, 0.05) is 25.4 Å². The predicted molar refractivity (Wildman–Crippen MR) is 135 cm³/mol. The van der Waals surface area contributed by atoms with Gasteiger partial charge in [0.1, 0.15) is 6.10 Å². The maximum atomic E-state index is 13.5. The molecule has 194 valence electrons. The zero-order valence-corrected chi connectivity index (χ0v) is 21.6. The fraction of sp³-hybridized carbons (Fsp3) is 0.462. The maximum Gasteiger partial charge on any atom is 0.258 e. The smallest absolute Gasteiger partial charge is 0.258 e. The van der Waals surface area contributed by atoms with Gasteiger partial charge in [-0.25, -0.2) is 8.42 Å². The predicted octanol–water partition coefficient (Wildman–Crippen LogP) is 2.58. The molecule has 0 aromatic heterocycles. The Morgan fingerprint density at radius 3 is 2.53 bits per heavy atom. The molecule has 2 N–H and O–H groups in total. The third-order valence-corrected chi connectivity index (χ3v) is 8.62. The molecule has 36 heavy (non-hydrogen) atoms. The van der Waals surface area contributed by atoms with Gasteiger partial charge in [0.25, 0.3) is 5.91 Å². The molecule has 1 aliphatic heterocycles. The molecule has 10 heteroatoms. The molecule has 2 aromatic rings. The van der Waals surface area contributed by atoms with Crippen LogP contribution in [0.25, 0.3) is 0 Å². The van der Waals surface area contributed by atoms with Crippen LogP contribution in [0.1, 0.15) is 37.0 Å². The normalized spacial score (nSPS) is 21.2. The minimum atomic E-state index is -3.77. The fourth-order valence-electron chi connectivity index (χ4n) is 4.26. The Morgan fingerprint density at radius 1 is 1.19 bits per heavy atom. The summed E-state index contributed by atoms with van der Waals surface area (Å²) in [6.07, 6.45) is 1.02. The zero-order chi connectivity index (χ0) is 26.0. The number of aliphatic hydroxyl groups excluding tert-OH is 1. The summed E-state index contributed by atoms with van der Waals surface area (Å²) in [5.41, 5.74) is 0.636. The fourth-order valence-corrected chi connectivity index (χ4v) is 5.47. The largest absolute Gasteiger partial charge is 0.486 e. The van der Waals surface area contributed by atoms with Crippen molar-refractivity contribution in [3.05, 3.63) is 54.1 Å². The number of para-hydroxylation sites is 1. The van der Waals surface area contributed by atoms with Crippen molar-refractivity contribution >= 4 is 27.5 Å². The molecule has 0 spiro atoms. The van der Waals surface area contributed by atoms with E-state index in [4.69, 9.17) is 4.74 Å². The summed E-state index contributed by atoms with van der Waals surface area (Å²) in [4.78, 5) is 27.8. The average molecular weight is 516 g/mol. The van der Waals surface area contributed by atoms with Crippen molar-refractivity contribution in [2.75, 3.05) is 32.1 Å². The van der Waals surface area contributed by atoms with Crippen LogP contribution in [0.3, 0.4) is 0 Å².